The molecule has 0 aliphatic carbocycles. The van der Waals surface area contributed by atoms with Crippen LogP contribution < -0.4 is 24.8 Å². The predicted octanol–water partition coefficient (Wildman–Crippen LogP) is 6.35. The maximum absolute atomic E-state index is 12.3. The molecule has 3 aliphatic heterocycles. The lowest BCUT2D eigenvalue weighted by Crippen LogP contribution is -2.16. The summed E-state index contributed by atoms with van der Waals surface area (Å²) in [5.41, 5.74) is 8.84. The molecule has 0 fully saturated rings. The highest BCUT2D eigenvalue weighted by atomic mass is 16.5. The number of carbonyl (C=O) groups excluding carboxylic acids is 2. The van der Waals surface area contributed by atoms with Crippen LogP contribution >= 0.6 is 0 Å². The molecule has 242 valence electrons. The summed E-state index contributed by atoms with van der Waals surface area (Å²) in [7, 11) is 4.88. The monoisotopic (exact) mass is 648 g/mol. The van der Waals surface area contributed by atoms with Crippen LogP contribution in [0.1, 0.15) is 28.1 Å². The summed E-state index contributed by atoms with van der Waals surface area (Å²) in [4.78, 5) is 33.4. The van der Waals surface area contributed by atoms with E-state index in [0.29, 0.717) is 40.1 Å². The average molecular weight is 649 g/mol. The number of rotatable bonds is 9. The lowest BCUT2D eigenvalue weighted by Gasteiger charge is -2.16. The first kappa shape index (κ1) is 31.0. The molecule has 2 amide bonds. The number of nitrogens with one attached hydrogen (secondary N) is 3. The summed E-state index contributed by atoms with van der Waals surface area (Å²) in [5, 5.41) is 5.90. The Labute approximate surface area is 283 Å². The van der Waals surface area contributed by atoms with Gasteiger partial charge in [-0.2, -0.15) is 0 Å². The highest BCUT2D eigenvalue weighted by molar-refractivity contribution is 6.33. The topological polar surface area (TPSA) is 114 Å². The van der Waals surface area contributed by atoms with Crippen LogP contribution in [0, 0.1) is 0 Å². The molecule has 0 spiro atoms. The van der Waals surface area contributed by atoms with Crippen molar-refractivity contribution in [2.24, 2.45) is 4.99 Å². The van der Waals surface area contributed by atoms with Crippen LogP contribution in [0.15, 0.2) is 143 Å². The number of H-pyrrole nitrogens is 1. The molecule has 9 nitrogen and oxygen atoms in total. The van der Waals surface area contributed by atoms with E-state index in [0.717, 1.165) is 44.8 Å². The first-order chi connectivity index (χ1) is 24.0. The van der Waals surface area contributed by atoms with Crippen LogP contribution in [0.25, 0.3) is 16.7 Å². The Morgan fingerprint density at radius 2 is 0.959 bits per heavy atom. The van der Waals surface area contributed by atoms with E-state index in [1.807, 2.05) is 97.1 Å². The summed E-state index contributed by atoms with van der Waals surface area (Å²) < 4.78 is 17.3. The molecule has 1 aromatic heterocycles. The number of aliphatic imine (C=N–C) groups is 1. The molecule has 9 heteroatoms. The van der Waals surface area contributed by atoms with E-state index in [4.69, 9.17) is 19.2 Å². The zero-order valence-electron chi connectivity index (χ0n) is 27.0. The highest BCUT2D eigenvalue weighted by Crippen LogP contribution is 2.40. The SMILES string of the molecule is COc1ccccc1/C(=C1\C=CC(=O)N1)c1ccc(/C(=C2\C=CC(C(=C3\C=CC(=O)N3)/c3ccccc3OC)=N2)c2ccccc2OC)[nH]1. The summed E-state index contributed by atoms with van der Waals surface area (Å²) in [6, 6.07) is 27.1. The third-order valence-corrected chi connectivity index (χ3v) is 8.36. The van der Waals surface area contributed by atoms with Crippen molar-refractivity contribution in [1.29, 1.82) is 0 Å². The number of ether oxygens (including phenoxy) is 3. The number of methoxy groups -OCH3 is 3. The summed E-state index contributed by atoms with van der Waals surface area (Å²) >= 11 is 0. The molecule has 3 N–H and O–H groups in total. The minimum Gasteiger partial charge on any atom is -0.496 e. The largest absolute Gasteiger partial charge is 0.496 e. The Balaban J connectivity index is 1.43. The van der Waals surface area contributed by atoms with Gasteiger partial charge in [-0.25, -0.2) is 4.99 Å². The van der Waals surface area contributed by atoms with Gasteiger partial charge in [-0.1, -0.05) is 54.6 Å². The second kappa shape index (κ2) is 13.2. The molecule has 4 aromatic rings. The zero-order chi connectivity index (χ0) is 33.9. The fraction of sp³-hybridized carbons (Fsp3) is 0.0750. The van der Waals surface area contributed by atoms with Gasteiger partial charge in [-0.15, -0.1) is 0 Å². The maximum Gasteiger partial charge on any atom is 0.248 e. The number of para-hydroxylation sites is 3. The van der Waals surface area contributed by atoms with Gasteiger partial charge in [-0.3, -0.25) is 9.59 Å². The Morgan fingerprint density at radius 1 is 0.510 bits per heavy atom. The van der Waals surface area contributed by atoms with Gasteiger partial charge in [0.1, 0.15) is 17.2 Å². The second-order valence-electron chi connectivity index (χ2n) is 11.2. The molecule has 3 aliphatic rings. The lowest BCUT2D eigenvalue weighted by molar-refractivity contribution is -0.116. The normalized spacial score (nSPS) is 17.9. The van der Waals surface area contributed by atoms with Crippen LogP contribution in [-0.4, -0.2) is 43.8 Å². The van der Waals surface area contributed by atoms with E-state index >= 15 is 0 Å². The van der Waals surface area contributed by atoms with E-state index in [2.05, 4.69) is 15.6 Å². The third kappa shape index (κ3) is 5.89. The average Bonchev–Trinajstić information content (AvgIpc) is 3.97. The van der Waals surface area contributed by atoms with Crippen LogP contribution in [0.2, 0.25) is 0 Å². The molecule has 49 heavy (non-hydrogen) atoms. The number of hydrogen-bond acceptors (Lipinski definition) is 6. The van der Waals surface area contributed by atoms with Crippen molar-refractivity contribution in [2.75, 3.05) is 21.3 Å². The molecule has 0 atom stereocenters. The first-order valence-electron chi connectivity index (χ1n) is 15.6. The molecular weight excluding hydrogens is 616 g/mol. The third-order valence-electron chi connectivity index (χ3n) is 8.36. The van der Waals surface area contributed by atoms with Gasteiger partial charge in [0.25, 0.3) is 0 Å². The number of benzene rings is 3. The lowest BCUT2D eigenvalue weighted by atomic mass is 9.98. The van der Waals surface area contributed by atoms with Crippen LogP contribution in [0.5, 0.6) is 17.2 Å². The molecule has 0 unspecified atom stereocenters. The highest BCUT2D eigenvalue weighted by Gasteiger charge is 2.26. The van der Waals surface area contributed by atoms with Gasteiger partial charge in [0.2, 0.25) is 11.8 Å². The quantitative estimate of drug-likeness (QED) is 0.196. The Hall–Kier alpha value is -6.61. The summed E-state index contributed by atoms with van der Waals surface area (Å²) in [5.74, 6) is 1.58. The van der Waals surface area contributed by atoms with E-state index < -0.39 is 0 Å². The summed E-state index contributed by atoms with van der Waals surface area (Å²) in [6.45, 7) is 0. The van der Waals surface area contributed by atoms with Crippen molar-refractivity contribution in [3.05, 3.63) is 167 Å². The number of carbonyl (C=O) groups is 2. The minimum absolute atomic E-state index is 0.197. The van der Waals surface area contributed by atoms with E-state index in [9.17, 15) is 9.59 Å². The molecule has 0 saturated heterocycles. The van der Waals surface area contributed by atoms with Crippen molar-refractivity contribution in [1.82, 2.24) is 15.6 Å². The van der Waals surface area contributed by atoms with Crippen LogP contribution in [0.3, 0.4) is 0 Å². The molecule has 7 rings (SSSR count). The predicted molar refractivity (Wildman–Crippen MR) is 190 cm³/mol. The number of aromatic nitrogens is 1. The van der Waals surface area contributed by atoms with Crippen LogP contribution in [-0.2, 0) is 9.59 Å². The maximum atomic E-state index is 12.3. The van der Waals surface area contributed by atoms with E-state index in [1.54, 1.807) is 33.5 Å². The molecule has 0 bridgehead atoms. The number of nitrogens with zero attached hydrogens (tertiary/aromatic N) is 1. The van der Waals surface area contributed by atoms with Gasteiger partial charge in [0, 0.05) is 56.9 Å². The van der Waals surface area contributed by atoms with E-state index in [-0.39, 0.29) is 11.8 Å². The fourth-order valence-electron chi connectivity index (χ4n) is 6.20. The molecular formula is C40H32N4O5. The van der Waals surface area contributed by atoms with Crippen molar-refractivity contribution >= 4 is 34.2 Å². The standard InChI is InChI=1S/C40H32N4O5/c1-47-33-13-7-4-10-24(33)38(27-16-18-29(41-27)39(31-20-22-36(45)43-31)25-11-5-8-14-34(25)48-2)28-17-19-30(42-28)40(32-21-23-37(46)44-32)26-12-6-9-15-35(26)49-3/h4-23,41H,1-3H3,(H,43,45)(H,44,46)/b38-28+,39-31-,40-32+. The van der Waals surface area contributed by atoms with Gasteiger partial charge in [0.05, 0.1) is 44.1 Å². The van der Waals surface area contributed by atoms with Crippen molar-refractivity contribution in [2.45, 2.75) is 0 Å². The summed E-state index contributed by atoms with van der Waals surface area (Å²) in [6.07, 6.45) is 10.4. The second-order valence-corrected chi connectivity index (χ2v) is 11.2. The van der Waals surface area contributed by atoms with Crippen molar-refractivity contribution in [3.8, 4) is 17.2 Å². The zero-order valence-corrected chi connectivity index (χ0v) is 27.0. The molecule has 0 radical (unpaired) electrons. The molecule has 3 aromatic carbocycles. The van der Waals surface area contributed by atoms with Crippen molar-refractivity contribution < 1.29 is 23.8 Å². The Morgan fingerprint density at radius 3 is 1.45 bits per heavy atom. The van der Waals surface area contributed by atoms with Gasteiger partial charge in [0.15, 0.2) is 0 Å². The Kier molecular flexibility index (Phi) is 8.39. The number of hydrogen-bond donors (Lipinski definition) is 3. The van der Waals surface area contributed by atoms with Gasteiger partial charge < -0.3 is 29.8 Å². The molecule has 4 heterocycles. The molecule has 0 saturated carbocycles. The number of allylic oxidation sites excluding steroid dienone is 5. The number of aromatic amines is 1. The van der Waals surface area contributed by atoms with Crippen molar-refractivity contribution in [3.63, 3.8) is 0 Å². The Bertz CT molecular complexity index is 2230. The van der Waals surface area contributed by atoms with E-state index in [1.165, 1.54) is 12.2 Å². The number of amides is 2. The van der Waals surface area contributed by atoms with Gasteiger partial charge >= 0.3 is 0 Å². The smallest absolute Gasteiger partial charge is 0.248 e. The van der Waals surface area contributed by atoms with Gasteiger partial charge in [-0.05, 0) is 54.6 Å². The minimum atomic E-state index is -0.206. The first-order valence-corrected chi connectivity index (χ1v) is 15.6. The fourth-order valence-corrected chi connectivity index (χ4v) is 6.20. The van der Waals surface area contributed by atoms with Crippen LogP contribution in [0.4, 0.5) is 0 Å².